The van der Waals surface area contributed by atoms with Crippen molar-refractivity contribution in [3.8, 4) is 0 Å². The first-order valence-electron chi connectivity index (χ1n) is 5.59. The summed E-state index contributed by atoms with van der Waals surface area (Å²) < 4.78 is 38.1. The van der Waals surface area contributed by atoms with Gasteiger partial charge in [0.15, 0.2) is 11.6 Å². The maximum Gasteiger partial charge on any atom is 0.327 e. The van der Waals surface area contributed by atoms with Crippen molar-refractivity contribution in [3.05, 3.63) is 35.4 Å². The number of carboxylic acid groups (broad SMARTS) is 1. The predicted octanol–water partition coefficient (Wildman–Crippen LogP) is 0.803. The number of nitrogens with one attached hydrogen (secondary N) is 1. The number of rotatable bonds is 6. The minimum absolute atomic E-state index is 0.102. The molecule has 0 bridgehead atoms. The number of carbonyl (C=O) groups is 2. The highest BCUT2D eigenvalue weighted by atomic mass is 32.2. The summed E-state index contributed by atoms with van der Waals surface area (Å²) in [7, 11) is -1.76. The third-order valence-electron chi connectivity index (χ3n) is 2.38. The monoisotopic (exact) mass is 305 g/mol. The fourth-order valence-corrected chi connectivity index (χ4v) is 2.78. The first kappa shape index (κ1) is 16.2. The van der Waals surface area contributed by atoms with Crippen LogP contribution in [-0.2, 0) is 26.1 Å². The molecule has 2 N–H and O–H groups in total. The van der Waals surface area contributed by atoms with Crippen LogP contribution in [0, 0.1) is 11.6 Å². The maximum atomic E-state index is 13.4. The number of hydrogen-bond acceptors (Lipinski definition) is 3. The Morgan fingerprint density at radius 1 is 1.40 bits per heavy atom. The largest absolute Gasteiger partial charge is 0.480 e. The molecule has 0 saturated carbocycles. The number of amides is 1. The van der Waals surface area contributed by atoms with Crippen LogP contribution in [0.3, 0.4) is 0 Å². The van der Waals surface area contributed by atoms with E-state index in [1.54, 1.807) is 0 Å². The topological polar surface area (TPSA) is 83.5 Å². The van der Waals surface area contributed by atoms with Gasteiger partial charge in [0.1, 0.15) is 6.04 Å². The van der Waals surface area contributed by atoms with Crippen LogP contribution in [-0.4, -0.2) is 33.0 Å². The molecule has 0 spiro atoms. The Labute approximate surface area is 116 Å². The lowest BCUT2D eigenvalue weighted by molar-refractivity contribution is -0.140. The first-order valence-corrected chi connectivity index (χ1v) is 7.08. The summed E-state index contributed by atoms with van der Waals surface area (Å²) in [6.45, 7) is 1.13. The summed E-state index contributed by atoms with van der Waals surface area (Å²) in [4.78, 5) is 21.7. The molecule has 5 nitrogen and oxygen atoms in total. The van der Waals surface area contributed by atoms with Crippen molar-refractivity contribution in [2.24, 2.45) is 0 Å². The Balaban J connectivity index is 2.73. The second-order valence-corrected chi connectivity index (χ2v) is 5.56. The van der Waals surface area contributed by atoms with Crippen LogP contribution in [0.1, 0.15) is 12.5 Å². The summed E-state index contributed by atoms with van der Waals surface area (Å²) >= 11 is 0. The highest BCUT2D eigenvalue weighted by Gasteiger charge is 2.22. The quantitative estimate of drug-likeness (QED) is 0.814. The molecule has 0 radical (unpaired) electrons. The van der Waals surface area contributed by atoms with E-state index in [1.807, 2.05) is 0 Å². The molecule has 0 aliphatic rings. The third kappa shape index (κ3) is 4.69. The second-order valence-electron chi connectivity index (χ2n) is 4.06. The van der Waals surface area contributed by atoms with E-state index in [4.69, 9.17) is 5.11 Å². The average Bonchev–Trinajstić information content (AvgIpc) is 2.33. The lowest BCUT2D eigenvalue weighted by Gasteiger charge is -2.13. The lowest BCUT2D eigenvalue weighted by Crippen LogP contribution is -2.43. The van der Waals surface area contributed by atoms with Gasteiger partial charge in [-0.1, -0.05) is 12.1 Å². The van der Waals surface area contributed by atoms with Gasteiger partial charge in [0.2, 0.25) is 5.91 Å². The van der Waals surface area contributed by atoms with Gasteiger partial charge in [-0.15, -0.1) is 0 Å². The zero-order valence-electron chi connectivity index (χ0n) is 10.6. The predicted molar refractivity (Wildman–Crippen MR) is 68.3 cm³/mol. The summed E-state index contributed by atoms with van der Waals surface area (Å²) in [6, 6.07) is 2.14. The van der Waals surface area contributed by atoms with Gasteiger partial charge < -0.3 is 10.4 Å². The Bertz CT molecular complexity index is 550. The van der Waals surface area contributed by atoms with Crippen LogP contribution in [0.2, 0.25) is 0 Å². The van der Waals surface area contributed by atoms with E-state index in [0.29, 0.717) is 0 Å². The van der Waals surface area contributed by atoms with Gasteiger partial charge in [-0.05, 0) is 6.07 Å². The van der Waals surface area contributed by atoms with Crippen molar-refractivity contribution in [1.82, 2.24) is 5.32 Å². The first-order chi connectivity index (χ1) is 9.31. The zero-order valence-corrected chi connectivity index (χ0v) is 11.4. The number of carboxylic acids is 1. The SMILES string of the molecule is CC(=O)N[C@@H](CS(=O)Cc1cccc(F)c1F)C(=O)O. The molecule has 1 aromatic carbocycles. The molecule has 0 saturated heterocycles. The van der Waals surface area contributed by atoms with E-state index in [0.717, 1.165) is 13.0 Å². The van der Waals surface area contributed by atoms with E-state index in [-0.39, 0.29) is 17.1 Å². The summed E-state index contributed by atoms with van der Waals surface area (Å²) in [6.07, 6.45) is 0. The number of carbonyl (C=O) groups excluding carboxylic acids is 1. The van der Waals surface area contributed by atoms with Crippen molar-refractivity contribution in [3.63, 3.8) is 0 Å². The van der Waals surface area contributed by atoms with E-state index in [1.165, 1.54) is 12.1 Å². The Hall–Kier alpha value is -1.83. The van der Waals surface area contributed by atoms with Gasteiger partial charge >= 0.3 is 5.97 Å². The second kappa shape index (κ2) is 7.09. The van der Waals surface area contributed by atoms with E-state index >= 15 is 0 Å². The fraction of sp³-hybridized carbons (Fsp3) is 0.333. The molecule has 0 aromatic heterocycles. The molecule has 0 fully saturated rings. The lowest BCUT2D eigenvalue weighted by atomic mass is 10.2. The fourth-order valence-electron chi connectivity index (χ4n) is 1.50. The summed E-state index contributed by atoms with van der Waals surface area (Å²) in [5.74, 6) is -4.79. The van der Waals surface area contributed by atoms with Gasteiger partial charge in [-0.2, -0.15) is 0 Å². The Morgan fingerprint density at radius 2 is 2.05 bits per heavy atom. The van der Waals surface area contributed by atoms with Crippen LogP contribution in [0.15, 0.2) is 18.2 Å². The van der Waals surface area contributed by atoms with Crippen molar-refractivity contribution in [1.29, 1.82) is 0 Å². The Morgan fingerprint density at radius 3 is 2.60 bits per heavy atom. The summed E-state index contributed by atoms with van der Waals surface area (Å²) in [5, 5.41) is 11.0. The van der Waals surface area contributed by atoms with Crippen molar-refractivity contribution < 1.29 is 27.7 Å². The van der Waals surface area contributed by atoms with Crippen LogP contribution in [0.4, 0.5) is 8.78 Å². The van der Waals surface area contributed by atoms with Crippen LogP contribution in [0.5, 0.6) is 0 Å². The van der Waals surface area contributed by atoms with Gasteiger partial charge in [-0.3, -0.25) is 9.00 Å². The molecule has 0 heterocycles. The van der Waals surface area contributed by atoms with Gasteiger partial charge in [0.25, 0.3) is 0 Å². The molecule has 0 aliphatic carbocycles. The van der Waals surface area contributed by atoms with E-state index in [9.17, 15) is 22.6 Å². The van der Waals surface area contributed by atoms with E-state index < -0.39 is 40.4 Å². The third-order valence-corrected chi connectivity index (χ3v) is 3.71. The zero-order chi connectivity index (χ0) is 15.3. The van der Waals surface area contributed by atoms with Crippen molar-refractivity contribution >= 4 is 22.7 Å². The van der Waals surface area contributed by atoms with Crippen LogP contribution < -0.4 is 5.32 Å². The highest BCUT2D eigenvalue weighted by Crippen LogP contribution is 2.13. The molecule has 1 aromatic rings. The molecule has 1 amide bonds. The van der Waals surface area contributed by atoms with Crippen molar-refractivity contribution in [2.45, 2.75) is 18.7 Å². The maximum absolute atomic E-state index is 13.4. The molecule has 8 heteroatoms. The van der Waals surface area contributed by atoms with Crippen LogP contribution in [0.25, 0.3) is 0 Å². The van der Waals surface area contributed by atoms with Gasteiger partial charge in [0, 0.05) is 23.3 Å². The smallest absolute Gasteiger partial charge is 0.327 e. The molecule has 2 atom stereocenters. The van der Waals surface area contributed by atoms with Gasteiger partial charge in [0.05, 0.1) is 11.5 Å². The van der Waals surface area contributed by atoms with Crippen molar-refractivity contribution in [2.75, 3.05) is 5.75 Å². The average molecular weight is 305 g/mol. The molecule has 1 unspecified atom stereocenters. The van der Waals surface area contributed by atoms with Gasteiger partial charge in [-0.25, -0.2) is 13.6 Å². The standard InChI is InChI=1S/C12H13F2NO4S/c1-7(16)15-10(12(17)18)6-20(19)5-8-3-2-4-9(13)11(8)14/h2-4,10H,5-6H2,1H3,(H,15,16)(H,17,18)/t10-,20?/m0/s1. The number of aliphatic carboxylic acids is 1. The molecular weight excluding hydrogens is 292 g/mol. The van der Waals surface area contributed by atoms with E-state index in [2.05, 4.69) is 5.32 Å². The molecule has 110 valence electrons. The van der Waals surface area contributed by atoms with Crippen LogP contribution >= 0.6 is 0 Å². The molecular formula is C12H13F2NO4S. The molecule has 0 aliphatic heterocycles. The minimum Gasteiger partial charge on any atom is -0.480 e. The minimum atomic E-state index is -1.76. The normalized spacial score (nSPS) is 13.6. The number of hydrogen-bond donors (Lipinski definition) is 2. The molecule has 20 heavy (non-hydrogen) atoms. The highest BCUT2D eigenvalue weighted by molar-refractivity contribution is 7.84. The number of halogens is 2. The number of benzene rings is 1. The Kier molecular flexibility index (Phi) is 5.75. The summed E-state index contributed by atoms with van der Waals surface area (Å²) in [5.41, 5.74) is -0.102. The molecule has 1 rings (SSSR count).